The number of benzene rings is 1. The van der Waals surface area contributed by atoms with E-state index in [-0.39, 0.29) is 10.2 Å². The molecular weight excluding hydrogens is 233 g/mol. The fourth-order valence-corrected chi connectivity index (χ4v) is 1.05. The minimum absolute atomic E-state index is 0.282. The lowest BCUT2D eigenvalue weighted by molar-refractivity contribution is 0.351. The Morgan fingerprint density at radius 1 is 1.08 bits per heavy atom. The van der Waals surface area contributed by atoms with Gasteiger partial charge < -0.3 is 21.1 Å². The molecule has 4 nitrogen and oxygen atoms in total. The first-order valence-electron chi connectivity index (χ1n) is 2.84. The van der Waals surface area contributed by atoms with E-state index in [1.807, 2.05) is 0 Å². The van der Waals surface area contributed by atoms with Crippen LogP contribution in [0.3, 0.4) is 0 Å². The van der Waals surface area contributed by atoms with Crippen molar-refractivity contribution < 1.29 is 19.7 Å². The third-order valence-electron chi connectivity index (χ3n) is 1.34. The first kappa shape index (κ1) is 8.92. The Bertz CT molecular complexity index is 237. The Kier molecular flexibility index (Phi) is 2.01. The second kappa shape index (κ2) is 2.71. The molecule has 12 heavy (non-hydrogen) atoms. The maximum Gasteiger partial charge on any atom is 0.205 e. The van der Waals surface area contributed by atoms with E-state index >= 15 is 0 Å². The zero-order valence-electron chi connectivity index (χ0n) is 5.67. The fourth-order valence-electron chi connectivity index (χ4n) is 0.670. The summed E-state index contributed by atoms with van der Waals surface area (Å²) in [6.07, 6.45) is 0. The first-order valence-corrected chi connectivity index (χ1v) is 3.63. The highest BCUT2D eigenvalue weighted by atomic mass is 79.9. The number of phenols is 3. The number of halogens is 2. The molecule has 0 radical (unpaired) electrons. The van der Waals surface area contributed by atoms with Gasteiger partial charge in [0.05, 0.1) is 10.2 Å². The first-order chi connectivity index (χ1) is 5.46. The molecule has 0 bridgehead atoms. The van der Waals surface area contributed by atoms with Crippen molar-refractivity contribution in [2.24, 2.45) is 0 Å². The molecular formula is C6H5BrFNO3. The molecule has 0 heterocycles. The van der Waals surface area contributed by atoms with Gasteiger partial charge in [-0.05, 0) is 15.9 Å². The van der Waals surface area contributed by atoms with Gasteiger partial charge >= 0.3 is 0 Å². The van der Waals surface area contributed by atoms with Gasteiger partial charge in [0.1, 0.15) is 0 Å². The number of aromatic hydroxyl groups is 3. The summed E-state index contributed by atoms with van der Waals surface area (Å²) in [6, 6.07) is 0. The molecule has 0 saturated heterocycles. The topological polar surface area (TPSA) is 86.7 Å². The fraction of sp³-hybridized carbons (Fsp3) is 0. The summed E-state index contributed by atoms with van der Waals surface area (Å²) >= 11 is 2.68. The number of nitrogens with two attached hydrogens (primary N) is 1. The standard InChI is InChI=1S/C6H5BrFNO3/c7-1-2(8)4(10)6(12)5(11)3(1)9/h10-12H,9H2. The predicted molar refractivity (Wildman–Crippen MR) is 43.5 cm³/mol. The van der Waals surface area contributed by atoms with Gasteiger partial charge in [0.2, 0.25) is 5.75 Å². The quantitative estimate of drug-likeness (QED) is 0.311. The Labute approximate surface area is 75.2 Å². The molecule has 0 fully saturated rings. The summed E-state index contributed by atoms with van der Waals surface area (Å²) < 4.78 is 12.5. The molecule has 1 aromatic rings. The number of rotatable bonds is 0. The smallest absolute Gasteiger partial charge is 0.205 e. The van der Waals surface area contributed by atoms with Crippen molar-refractivity contribution >= 4 is 21.6 Å². The number of hydrogen-bond donors (Lipinski definition) is 4. The molecule has 6 heteroatoms. The van der Waals surface area contributed by atoms with E-state index in [1.165, 1.54) is 0 Å². The maximum absolute atomic E-state index is 12.8. The van der Waals surface area contributed by atoms with Gasteiger partial charge in [-0.25, -0.2) is 4.39 Å². The minimum atomic E-state index is -1.11. The van der Waals surface area contributed by atoms with E-state index in [9.17, 15) is 4.39 Å². The lowest BCUT2D eigenvalue weighted by Crippen LogP contribution is -1.91. The van der Waals surface area contributed by atoms with Gasteiger partial charge in [0, 0.05) is 0 Å². The summed E-state index contributed by atoms with van der Waals surface area (Å²) in [6.45, 7) is 0. The molecule has 0 aliphatic heterocycles. The Morgan fingerprint density at radius 2 is 1.58 bits per heavy atom. The van der Waals surface area contributed by atoms with Crippen LogP contribution in [0.5, 0.6) is 17.2 Å². The summed E-state index contributed by atoms with van der Waals surface area (Å²) in [4.78, 5) is 0. The van der Waals surface area contributed by atoms with Gasteiger partial charge in [0.25, 0.3) is 0 Å². The van der Waals surface area contributed by atoms with Crippen LogP contribution in [-0.2, 0) is 0 Å². The molecule has 0 aliphatic carbocycles. The number of hydrogen-bond acceptors (Lipinski definition) is 4. The Balaban J connectivity index is 3.60. The predicted octanol–water partition coefficient (Wildman–Crippen LogP) is 1.29. The zero-order chi connectivity index (χ0) is 9.46. The second-order valence-corrected chi connectivity index (χ2v) is 2.88. The summed E-state index contributed by atoms with van der Waals surface area (Å²) in [7, 11) is 0. The Morgan fingerprint density at radius 3 is 2.08 bits per heavy atom. The molecule has 0 atom stereocenters. The van der Waals surface area contributed by atoms with E-state index in [1.54, 1.807) is 0 Å². The summed E-state index contributed by atoms with van der Waals surface area (Å²) in [5, 5.41) is 26.6. The lowest BCUT2D eigenvalue weighted by Gasteiger charge is -2.07. The third-order valence-corrected chi connectivity index (χ3v) is 2.12. The molecule has 0 aliphatic rings. The van der Waals surface area contributed by atoms with Crippen molar-refractivity contribution in [2.75, 3.05) is 5.73 Å². The van der Waals surface area contributed by atoms with Gasteiger partial charge in [-0.2, -0.15) is 0 Å². The van der Waals surface area contributed by atoms with E-state index in [2.05, 4.69) is 15.9 Å². The highest BCUT2D eigenvalue weighted by Gasteiger charge is 2.19. The molecule has 66 valence electrons. The van der Waals surface area contributed by atoms with E-state index in [4.69, 9.17) is 21.1 Å². The van der Waals surface area contributed by atoms with E-state index in [0.717, 1.165) is 0 Å². The third kappa shape index (κ3) is 1.04. The average Bonchev–Trinajstić information content (AvgIpc) is 2.08. The van der Waals surface area contributed by atoms with Crippen LogP contribution in [0.1, 0.15) is 0 Å². The van der Waals surface area contributed by atoms with Gasteiger partial charge in [-0.3, -0.25) is 0 Å². The second-order valence-electron chi connectivity index (χ2n) is 2.09. The van der Waals surface area contributed by atoms with Crippen molar-refractivity contribution in [2.45, 2.75) is 0 Å². The normalized spacial score (nSPS) is 10.2. The van der Waals surface area contributed by atoms with Crippen LogP contribution in [0.25, 0.3) is 0 Å². The van der Waals surface area contributed by atoms with E-state index < -0.39 is 23.1 Å². The van der Waals surface area contributed by atoms with Crippen molar-refractivity contribution in [3.8, 4) is 17.2 Å². The SMILES string of the molecule is Nc1c(O)c(O)c(O)c(F)c1Br. The number of phenolic OH excluding ortho intramolecular Hbond substituents is 3. The largest absolute Gasteiger partial charge is 0.503 e. The number of anilines is 1. The number of nitrogen functional groups attached to an aromatic ring is 1. The Hall–Kier alpha value is -1.17. The molecule has 0 saturated carbocycles. The van der Waals surface area contributed by atoms with Crippen LogP contribution in [0.15, 0.2) is 4.47 Å². The molecule has 0 amide bonds. The molecule has 5 N–H and O–H groups in total. The lowest BCUT2D eigenvalue weighted by atomic mass is 10.2. The van der Waals surface area contributed by atoms with Crippen LogP contribution in [0.2, 0.25) is 0 Å². The average molecular weight is 238 g/mol. The zero-order valence-corrected chi connectivity index (χ0v) is 7.26. The highest BCUT2D eigenvalue weighted by Crippen LogP contribution is 2.45. The highest BCUT2D eigenvalue weighted by molar-refractivity contribution is 9.10. The van der Waals surface area contributed by atoms with Crippen LogP contribution < -0.4 is 5.73 Å². The molecule has 1 aromatic carbocycles. The van der Waals surface area contributed by atoms with E-state index in [0.29, 0.717) is 0 Å². The van der Waals surface area contributed by atoms with Crippen molar-refractivity contribution in [3.63, 3.8) is 0 Å². The van der Waals surface area contributed by atoms with Crippen LogP contribution in [-0.4, -0.2) is 15.3 Å². The molecule has 1 rings (SSSR count). The van der Waals surface area contributed by atoms with Gasteiger partial charge in [-0.1, -0.05) is 0 Å². The monoisotopic (exact) mass is 237 g/mol. The van der Waals surface area contributed by atoms with Crippen LogP contribution in [0.4, 0.5) is 10.1 Å². The van der Waals surface area contributed by atoms with Crippen molar-refractivity contribution in [3.05, 3.63) is 10.3 Å². The van der Waals surface area contributed by atoms with Gasteiger partial charge in [0.15, 0.2) is 17.3 Å². The summed E-state index contributed by atoms with van der Waals surface area (Å²) in [5.41, 5.74) is 4.79. The molecule has 0 unspecified atom stereocenters. The van der Waals surface area contributed by atoms with Gasteiger partial charge in [-0.15, -0.1) is 0 Å². The molecule has 0 aromatic heterocycles. The van der Waals surface area contributed by atoms with Crippen LogP contribution in [0, 0.1) is 5.82 Å². The summed E-state index contributed by atoms with van der Waals surface area (Å²) in [5.74, 6) is -3.86. The van der Waals surface area contributed by atoms with Crippen molar-refractivity contribution in [1.29, 1.82) is 0 Å². The van der Waals surface area contributed by atoms with Crippen LogP contribution >= 0.6 is 15.9 Å². The maximum atomic E-state index is 12.8. The minimum Gasteiger partial charge on any atom is -0.503 e. The van der Waals surface area contributed by atoms with Crippen molar-refractivity contribution in [1.82, 2.24) is 0 Å². The molecule has 0 spiro atoms.